The van der Waals surface area contributed by atoms with Crippen molar-refractivity contribution in [1.82, 2.24) is 4.98 Å². The van der Waals surface area contributed by atoms with Gasteiger partial charge in [-0.2, -0.15) is 0 Å². The molecule has 0 saturated carbocycles. The number of carbonyl (C=O) groups is 1. The SMILES string of the molecule is O=C(c1cc(Cl)ncc1Cl)N(Cc1ccccc1)c1ccccc1. The zero-order chi connectivity index (χ0) is 16.9. The summed E-state index contributed by atoms with van der Waals surface area (Å²) in [5, 5.41) is 0.508. The molecule has 0 saturated heterocycles. The van der Waals surface area contributed by atoms with Crippen LogP contribution in [0.3, 0.4) is 0 Å². The van der Waals surface area contributed by atoms with Crippen molar-refractivity contribution in [2.24, 2.45) is 0 Å². The maximum absolute atomic E-state index is 13.1. The van der Waals surface area contributed by atoms with Crippen LogP contribution in [0.4, 0.5) is 5.69 Å². The zero-order valence-corrected chi connectivity index (χ0v) is 14.2. The molecule has 24 heavy (non-hydrogen) atoms. The number of hydrogen-bond donors (Lipinski definition) is 0. The van der Waals surface area contributed by atoms with Gasteiger partial charge < -0.3 is 4.90 Å². The largest absolute Gasteiger partial charge is 0.304 e. The Bertz CT molecular complexity index is 839. The van der Waals surface area contributed by atoms with E-state index in [1.165, 1.54) is 12.3 Å². The van der Waals surface area contributed by atoms with Gasteiger partial charge in [-0.05, 0) is 23.8 Å². The second-order valence-corrected chi connectivity index (χ2v) is 5.99. The predicted molar refractivity (Wildman–Crippen MR) is 97.7 cm³/mol. The van der Waals surface area contributed by atoms with E-state index in [2.05, 4.69) is 4.98 Å². The van der Waals surface area contributed by atoms with Crippen molar-refractivity contribution in [3.8, 4) is 0 Å². The second-order valence-electron chi connectivity index (χ2n) is 5.20. The fourth-order valence-electron chi connectivity index (χ4n) is 2.38. The summed E-state index contributed by atoms with van der Waals surface area (Å²) in [5.41, 5.74) is 2.14. The van der Waals surface area contributed by atoms with E-state index in [1.807, 2.05) is 60.7 Å². The van der Waals surface area contributed by atoms with Crippen molar-refractivity contribution in [2.75, 3.05) is 4.90 Å². The van der Waals surface area contributed by atoms with E-state index < -0.39 is 0 Å². The van der Waals surface area contributed by atoms with Crippen molar-refractivity contribution >= 4 is 34.8 Å². The summed E-state index contributed by atoms with van der Waals surface area (Å²) < 4.78 is 0. The number of rotatable bonds is 4. The van der Waals surface area contributed by atoms with E-state index in [-0.39, 0.29) is 16.1 Å². The first-order valence-corrected chi connectivity index (χ1v) is 8.12. The Hall–Kier alpha value is -2.36. The monoisotopic (exact) mass is 356 g/mol. The van der Waals surface area contributed by atoms with Crippen molar-refractivity contribution in [3.05, 3.63) is 94.2 Å². The van der Waals surface area contributed by atoms with E-state index in [1.54, 1.807) is 4.90 Å². The summed E-state index contributed by atoms with van der Waals surface area (Å²) in [7, 11) is 0. The van der Waals surface area contributed by atoms with Crippen LogP contribution in [0, 0.1) is 0 Å². The Kier molecular flexibility index (Phi) is 5.14. The molecule has 0 spiro atoms. The van der Waals surface area contributed by atoms with Gasteiger partial charge in [0, 0.05) is 11.9 Å². The molecule has 0 atom stereocenters. The first-order chi connectivity index (χ1) is 11.6. The van der Waals surface area contributed by atoms with Crippen LogP contribution in [-0.4, -0.2) is 10.9 Å². The van der Waals surface area contributed by atoms with Crippen LogP contribution < -0.4 is 4.90 Å². The Balaban J connectivity index is 2.01. The Morgan fingerprint density at radius 1 is 0.958 bits per heavy atom. The van der Waals surface area contributed by atoms with Crippen LogP contribution in [0.5, 0.6) is 0 Å². The molecule has 1 aromatic heterocycles. The van der Waals surface area contributed by atoms with Gasteiger partial charge in [0.05, 0.1) is 17.1 Å². The number of pyridine rings is 1. The van der Waals surface area contributed by atoms with Gasteiger partial charge >= 0.3 is 0 Å². The topological polar surface area (TPSA) is 33.2 Å². The van der Waals surface area contributed by atoms with Crippen LogP contribution in [0.2, 0.25) is 10.2 Å². The molecule has 3 nitrogen and oxygen atoms in total. The molecule has 0 aliphatic carbocycles. The summed E-state index contributed by atoms with van der Waals surface area (Å²) in [5.74, 6) is -0.223. The predicted octanol–water partition coefficient (Wildman–Crippen LogP) is 5.24. The van der Waals surface area contributed by atoms with E-state index in [9.17, 15) is 4.79 Å². The molecule has 0 unspecified atom stereocenters. The molecule has 0 aliphatic rings. The lowest BCUT2D eigenvalue weighted by atomic mass is 10.1. The first-order valence-electron chi connectivity index (χ1n) is 7.37. The third-order valence-electron chi connectivity index (χ3n) is 3.55. The second kappa shape index (κ2) is 7.47. The number of amides is 1. The molecular formula is C19H14Cl2N2O. The molecule has 1 heterocycles. The number of anilines is 1. The van der Waals surface area contributed by atoms with Crippen molar-refractivity contribution < 1.29 is 4.79 Å². The van der Waals surface area contributed by atoms with Crippen LogP contribution in [-0.2, 0) is 6.54 Å². The van der Waals surface area contributed by atoms with Crippen LogP contribution in [0.15, 0.2) is 72.9 Å². The molecular weight excluding hydrogens is 343 g/mol. The lowest BCUT2D eigenvalue weighted by Gasteiger charge is -2.23. The summed E-state index contributed by atoms with van der Waals surface area (Å²) in [4.78, 5) is 18.7. The molecule has 0 radical (unpaired) electrons. The van der Waals surface area contributed by atoms with Gasteiger partial charge in [-0.25, -0.2) is 4.98 Å². The molecule has 3 rings (SSSR count). The fraction of sp³-hybridized carbons (Fsp3) is 0.0526. The number of aromatic nitrogens is 1. The minimum Gasteiger partial charge on any atom is -0.304 e. The summed E-state index contributed by atoms with van der Waals surface area (Å²) in [6.07, 6.45) is 1.39. The fourth-order valence-corrected chi connectivity index (χ4v) is 2.72. The van der Waals surface area contributed by atoms with Gasteiger partial charge in [-0.1, -0.05) is 71.7 Å². The molecule has 3 aromatic rings. The Morgan fingerprint density at radius 3 is 2.25 bits per heavy atom. The summed E-state index contributed by atoms with van der Waals surface area (Å²) in [6.45, 7) is 0.431. The lowest BCUT2D eigenvalue weighted by molar-refractivity contribution is 0.0985. The highest BCUT2D eigenvalue weighted by atomic mass is 35.5. The lowest BCUT2D eigenvalue weighted by Crippen LogP contribution is -2.30. The highest BCUT2D eigenvalue weighted by molar-refractivity contribution is 6.35. The Labute approximate surface area is 150 Å². The van der Waals surface area contributed by atoms with Gasteiger partial charge in [-0.3, -0.25) is 4.79 Å². The molecule has 120 valence electrons. The minimum absolute atomic E-state index is 0.223. The van der Waals surface area contributed by atoms with Crippen LogP contribution >= 0.6 is 23.2 Å². The van der Waals surface area contributed by atoms with Crippen molar-refractivity contribution in [2.45, 2.75) is 6.54 Å². The van der Waals surface area contributed by atoms with Crippen molar-refractivity contribution in [1.29, 1.82) is 0 Å². The number of nitrogens with zero attached hydrogens (tertiary/aromatic N) is 2. The van der Waals surface area contributed by atoms with Crippen LogP contribution in [0.25, 0.3) is 0 Å². The van der Waals surface area contributed by atoms with E-state index in [4.69, 9.17) is 23.2 Å². The molecule has 0 aliphatic heterocycles. The minimum atomic E-state index is -0.223. The number of halogens is 2. The van der Waals surface area contributed by atoms with Gasteiger partial charge in [0.25, 0.3) is 5.91 Å². The third kappa shape index (κ3) is 3.75. The molecule has 0 N–H and O–H groups in total. The third-order valence-corrected chi connectivity index (χ3v) is 4.06. The van der Waals surface area contributed by atoms with Gasteiger partial charge in [-0.15, -0.1) is 0 Å². The number of benzene rings is 2. The maximum atomic E-state index is 13.1. The number of para-hydroxylation sites is 1. The van der Waals surface area contributed by atoms with E-state index >= 15 is 0 Å². The number of carbonyl (C=O) groups excluding carboxylic acids is 1. The summed E-state index contributed by atoms with van der Waals surface area (Å²) >= 11 is 12.1. The molecule has 0 fully saturated rings. The van der Waals surface area contributed by atoms with Gasteiger partial charge in [0.1, 0.15) is 5.15 Å². The number of hydrogen-bond acceptors (Lipinski definition) is 2. The molecule has 2 aromatic carbocycles. The highest BCUT2D eigenvalue weighted by Crippen LogP contribution is 2.24. The van der Waals surface area contributed by atoms with Crippen LogP contribution in [0.1, 0.15) is 15.9 Å². The normalized spacial score (nSPS) is 10.4. The average molecular weight is 357 g/mol. The molecule has 0 bridgehead atoms. The highest BCUT2D eigenvalue weighted by Gasteiger charge is 2.21. The Morgan fingerprint density at radius 2 is 1.58 bits per heavy atom. The average Bonchev–Trinajstić information content (AvgIpc) is 2.63. The van der Waals surface area contributed by atoms with Crippen molar-refractivity contribution in [3.63, 3.8) is 0 Å². The first kappa shape index (κ1) is 16.5. The maximum Gasteiger partial charge on any atom is 0.260 e. The van der Waals surface area contributed by atoms with Gasteiger partial charge in [0.2, 0.25) is 0 Å². The zero-order valence-electron chi connectivity index (χ0n) is 12.7. The van der Waals surface area contributed by atoms with E-state index in [0.29, 0.717) is 12.1 Å². The summed E-state index contributed by atoms with van der Waals surface area (Å²) in [6, 6.07) is 20.7. The standard InChI is InChI=1S/C19H14Cl2N2O/c20-17-12-22-18(21)11-16(17)19(24)23(15-9-5-2-6-10-15)13-14-7-3-1-4-8-14/h1-12H,13H2. The molecule has 5 heteroatoms. The van der Waals surface area contributed by atoms with Gasteiger partial charge in [0.15, 0.2) is 0 Å². The molecule has 1 amide bonds. The van der Waals surface area contributed by atoms with E-state index in [0.717, 1.165) is 11.3 Å². The smallest absolute Gasteiger partial charge is 0.260 e. The quantitative estimate of drug-likeness (QED) is 0.599.